The molecule has 2 rings (SSSR count). The normalized spacial score (nSPS) is 19.2. The van der Waals surface area contributed by atoms with Crippen LogP contribution in [0.25, 0.3) is 0 Å². The summed E-state index contributed by atoms with van der Waals surface area (Å²) in [6.45, 7) is 0.691. The molecule has 0 bridgehead atoms. The van der Waals surface area contributed by atoms with Gasteiger partial charge >= 0.3 is 0 Å². The summed E-state index contributed by atoms with van der Waals surface area (Å²) in [7, 11) is 1.79. The third-order valence-corrected chi connectivity index (χ3v) is 3.11. The van der Waals surface area contributed by atoms with Crippen LogP contribution < -0.4 is 5.32 Å². The van der Waals surface area contributed by atoms with Gasteiger partial charge in [0.25, 0.3) is 0 Å². The molecule has 1 N–H and O–H groups in total. The van der Waals surface area contributed by atoms with Crippen molar-refractivity contribution < 1.29 is 4.79 Å². The third kappa shape index (κ3) is 2.51. The van der Waals surface area contributed by atoms with E-state index in [1.54, 1.807) is 30.1 Å². The molecule has 5 heteroatoms. The molecule has 1 heterocycles. The van der Waals surface area contributed by atoms with Crippen molar-refractivity contribution in [1.29, 1.82) is 5.26 Å². The number of nitriles is 1. The molecule has 0 aromatic heterocycles. The van der Waals surface area contributed by atoms with Crippen molar-refractivity contribution in [2.45, 2.75) is 12.5 Å². The molecular weight excluding hydrogens is 238 g/mol. The SMILES string of the molecule is CN1CC(Nc2ccc(C#N)c(Cl)c2)CC1=O. The standard InChI is InChI=1S/C12H12ClN3O/c1-16-7-10(5-12(16)17)15-9-3-2-8(6-14)11(13)4-9/h2-4,10,15H,5,7H2,1H3. The van der Waals surface area contributed by atoms with Gasteiger partial charge in [0.15, 0.2) is 0 Å². The minimum atomic E-state index is 0.108. The average Bonchev–Trinajstić information content (AvgIpc) is 2.58. The number of likely N-dealkylation sites (tertiary alicyclic amines) is 1. The number of halogens is 1. The number of likely N-dealkylation sites (N-methyl/N-ethyl adjacent to an activating group) is 1. The van der Waals surface area contributed by atoms with Crippen LogP contribution in [0, 0.1) is 11.3 Å². The molecule has 1 unspecified atom stereocenters. The van der Waals surface area contributed by atoms with Gasteiger partial charge in [0.1, 0.15) is 6.07 Å². The van der Waals surface area contributed by atoms with E-state index in [9.17, 15) is 4.79 Å². The molecule has 1 fully saturated rings. The van der Waals surface area contributed by atoms with Gasteiger partial charge in [0.05, 0.1) is 16.6 Å². The van der Waals surface area contributed by atoms with Crippen LogP contribution in [0.3, 0.4) is 0 Å². The van der Waals surface area contributed by atoms with Crippen LogP contribution in [0.1, 0.15) is 12.0 Å². The Bertz CT molecular complexity index is 495. The summed E-state index contributed by atoms with van der Waals surface area (Å²) in [6, 6.07) is 7.30. The zero-order valence-electron chi connectivity index (χ0n) is 9.40. The molecule has 1 saturated heterocycles. The number of nitrogens with one attached hydrogen (secondary N) is 1. The van der Waals surface area contributed by atoms with Crippen molar-refractivity contribution >= 4 is 23.2 Å². The van der Waals surface area contributed by atoms with E-state index >= 15 is 0 Å². The van der Waals surface area contributed by atoms with Gasteiger partial charge in [-0.2, -0.15) is 5.26 Å². The fourth-order valence-electron chi connectivity index (χ4n) is 1.89. The Morgan fingerprint density at radius 3 is 2.88 bits per heavy atom. The molecule has 1 amide bonds. The number of benzene rings is 1. The van der Waals surface area contributed by atoms with Gasteiger partial charge in [0, 0.05) is 25.7 Å². The maximum absolute atomic E-state index is 11.4. The van der Waals surface area contributed by atoms with Crippen molar-refractivity contribution in [2.24, 2.45) is 0 Å². The van der Waals surface area contributed by atoms with Gasteiger partial charge in [-0.15, -0.1) is 0 Å². The number of carbonyl (C=O) groups is 1. The van der Waals surface area contributed by atoms with E-state index in [0.717, 1.165) is 5.69 Å². The van der Waals surface area contributed by atoms with E-state index < -0.39 is 0 Å². The molecular formula is C12H12ClN3O. The van der Waals surface area contributed by atoms with Crippen molar-refractivity contribution in [3.05, 3.63) is 28.8 Å². The van der Waals surface area contributed by atoms with Gasteiger partial charge in [-0.05, 0) is 18.2 Å². The Morgan fingerprint density at radius 2 is 2.35 bits per heavy atom. The second-order valence-corrected chi connectivity index (χ2v) is 4.53. The first kappa shape index (κ1) is 11.7. The highest BCUT2D eigenvalue weighted by molar-refractivity contribution is 6.32. The Kier molecular flexibility index (Phi) is 3.21. The molecule has 4 nitrogen and oxygen atoms in total. The second kappa shape index (κ2) is 4.64. The number of amides is 1. The molecule has 0 saturated carbocycles. The largest absolute Gasteiger partial charge is 0.380 e. The third-order valence-electron chi connectivity index (χ3n) is 2.80. The Labute approximate surface area is 105 Å². The lowest BCUT2D eigenvalue weighted by Gasteiger charge is -2.14. The van der Waals surface area contributed by atoms with Crippen molar-refractivity contribution in [2.75, 3.05) is 18.9 Å². The number of hydrogen-bond donors (Lipinski definition) is 1. The van der Waals surface area contributed by atoms with Gasteiger partial charge < -0.3 is 10.2 Å². The zero-order valence-corrected chi connectivity index (χ0v) is 10.2. The van der Waals surface area contributed by atoms with Gasteiger partial charge in [0.2, 0.25) is 5.91 Å². The first-order chi connectivity index (χ1) is 8.10. The summed E-state index contributed by atoms with van der Waals surface area (Å²) in [4.78, 5) is 13.1. The number of carbonyl (C=O) groups excluding carboxylic acids is 1. The zero-order chi connectivity index (χ0) is 12.4. The van der Waals surface area contributed by atoms with Crippen LogP contribution >= 0.6 is 11.6 Å². The number of rotatable bonds is 2. The fraction of sp³-hybridized carbons (Fsp3) is 0.333. The highest BCUT2D eigenvalue weighted by Crippen LogP contribution is 2.22. The smallest absolute Gasteiger partial charge is 0.224 e. The molecule has 1 aromatic carbocycles. The van der Waals surface area contributed by atoms with Gasteiger partial charge in [-0.1, -0.05) is 11.6 Å². The maximum atomic E-state index is 11.4. The van der Waals surface area contributed by atoms with Gasteiger partial charge in [-0.3, -0.25) is 4.79 Å². The molecule has 0 radical (unpaired) electrons. The number of anilines is 1. The highest BCUT2D eigenvalue weighted by atomic mass is 35.5. The molecule has 1 aliphatic rings. The Balaban J connectivity index is 2.08. The predicted octanol–water partition coefficient (Wildman–Crippen LogP) is 1.85. The van der Waals surface area contributed by atoms with E-state index in [1.165, 1.54) is 0 Å². The molecule has 88 valence electrons. The minimum absolute atomic E-state index is 0.108. The summed E-state index contributed by atoms with van der Waals surface area (Å²) in [5.74, 6) is 0.141. The topological polar surface area (TPSA) is 56.1 Å². The minimum Gasteiger partial charge on any atom is -0.380 e. The van der Waals surface area contributed by atoms with Crippen LogP contribution in [0.5, 0.6) is 0 Å². The van der Waals surface area contributed by atoms with Crippen molar-refractivity contribution in [1.82, 2.24) is 4.90 Å². The van der Waals surface area contributed by atoms with E-state index in [4.69, 9.17) is 16.9 Å². The van der Waals surface area contributed by atoms with Crippen LogP contribution in [0.2, 0.25) is 5.02 Å². The summed E-state index contributed by atoms with van der Waals surface area (Å²) in [5, 5.41) is 12.4. The molecule has 0 aliphatic carbocycles. The van der Waals surface area contributed by atoms with Crippen molar-refractivity contribution in [3.63, 3.8) is 0 Å². The van der Waals surface area contributed by atoms with E-state index in [0.29, 0.717) is 23.6 Å². The monoisotopic (exact) mass is 249 g/mol. The lowest BCUT2D eigenvalue weighted by Crippen LogP contribution is -2.24. The summed E-state index contributed by atoms with van der Waals surface area (Å²) in [6.07, 6.45) is 0.494. The molecule has 1 atom stereocenters. The summed E-state index contributed by atoms with van der Waals surface area (Å²) in [5.41, 5.74) is 1.29. The van der Waals surface area contributed by atoms with E-state index in [1.807, 2.05) is 6.07 Å². The summed E-state index contributed by atoms with van der Waals surface area (Å²) >= 11 is 5.93. The first-order valence-corrected chi connectivity index (χ1v) is 5.68. The number of hydrogen-bond acceptors (Lipinski definition) is 3. The Morgan fingerprint density at radius 1 is 1.59 bits per heavy atom. The first-order valence-electron chi connectivity index (χ1n) is 5.30. The van der Waals surface area contributed by atoms with Gasteiger partial charge in [-0.25, -0.2) is 0 Å². The molecule has 1 aromatic rings. The van der Waals surface area contributed by atoms with Crippen LogP contribution in [-0.4, -0.2) is 30.4 Å². The predicted molar refractivity (Wildman–Crippen MR) is 65.8 cm³/mol. The number of nitrogens with zero attached hydrogens (tertiary/aromatic N) is 2. The fourth-order valence-corrected chi connectivity index (χ4v) is 2.11. The average molecular weight is 250 g/mol. The van der Waals surface area contributed by atoms with E-state index in [-0.39, 0.29) is 11.9 Å². The Hall–Kier alpha value is -1.73. The van der Waals surface area contributed by atoms with E-state index in [2.05, 4.69) is 5.32 Å². The summed E-state index contributed by atoms with van der Waals surface area (Å²) < 4.78 is 0. The molecule has 17 heavy (non-hydrogen) atoms. The van der Waals surface area contributed by atoms with Crippen LogP contribution in [-0.2, 0) is 4.79 Å². The maximum Gasteiger partial charge on any atom is 0.224 e. The molecule has 0 spiro atoms. The lowest BCUT2D eigenvalue weighted by atomic mass is 10.2. The van der Waals surface area contributed by atoms with Crippen molar-refractivity contribution in [3.8, 4) is 6.07 Å². The molecule has 1 aliphatic heterocycles. The van der Waals surface area contributed by atoms with Crippen LogP contribution in [0.15, 0.2) is 18.2 Å². The second-order valence-electron chi connectivity index (χ2n) is 4.13. The lowest BCUT2D eigenvalue weighted by molar-refractivity contribution is -0.126. The highest BCUT2D eigenvalue weighted by Gasteiger charge is 2.26. The van der Waals surface area contributed by atoms with Crippen LogP contribution in [0.4, 0.5) is 5.69 Å². The quantitative estimate of drug-likeness (QED) is 0.870.